The zero-order chi connectivity index (χ0) is 12.8. The number of carbonyl (C=O) groups is 1. The summed E-state index contributed by atoms with van der Waals surface area (Å²) in [7, 11) is 0. The van der Waals surface area contributed by atoms with Gasteiger partial charge in [0.2, 0.25) is 5.91 Å². The van der Waals surface area contributed by atoms with Gasteiger partial charge < -0.3 is 15.0 Å². The van der Waals surface area contributed by atoms with Crippen LogP contribution in [-0.2, 0) is 9.53 Å². The highest BCUT2D eigenvalue weighted by molar-refractivity contribution is 5.76. The molecular weight excluding hydrogens is 228 g/mol. The lowest BCUT2D eigenvalue weighted by Gasteiger charge is -2.24. The molecule has 0 aromatic rings. The van der Waals surface area contributed by atoms with Crippen molar-refractivity contribution in [2.24, 2.45) is 11.8 Å². The summed E-state index contributed by atoms with van der Waals surface area (Å²) in [6.45, 7) is 7.70. The van der Waals surface area contributed by atoms with Gasteiger partial charge in [0.1, 0.15) is 0 Å². The minimum Gasteiger partial charge on any atom is -0.381 e. The van der Waals surface area contributed by atoms with Gasteiger partial charge in [-0.15, -0.1) is 0 Å². The summed E-state index contributed by atoms with van der Waals surface area (Å²) in [5, 5.41) is 3.36. The van der Waals surface area contributed by atoms with Gasteiger partial charge >= 0.3 is 0 Å². The Balaban J connectivity index is 1.70. The van der Waals surface area contributed by atoms with Gasteiger partial charge in [-0.2, -0.15) is 0 Å². The van der Waals surface area contributed by atoms with Crippen molar-refractivity contribution in [2.75, 3.05) is 39.4 Å². The van der Waals surface area contributed by atoms with Crippen LogP contribution in [0, 0.1) is 11.8 Å². The molecule has 2 atom stereocenters. The van der Waals surface area contributed by atoms with E-state index in [0.29, 0.717) is 24.2 Å². The number of hydrogen-bond donors (Lipinski definition) is 1. The minimum atomic E-state index is 0.330. The van der Waals surface area contributed by atoms with Crippen molar-refractivity contribution in [3.63, 3.8) is 0 Å². The monoisotopic (exact) mass is 254 g/mol. The number of hydrogen-bond acceptors (Lipinski definition) is 3. The third-order valence-corrected chi connectivity index (χ3v) is 4.17. The third-order valence-electron chi connectivity index (χ3n) is 4.17. The minimum absolute atomic E-state index is 0.330. The van der Waals surface area contributed by atoms with Gasteiger partial charge in [0.25, 0.3) is 0 Å². The van der Waals surface area contributed by atoms with Gasteiger partial charge in [0.05, 0.1) is 6.61 Å². The first kappa shape index (κ1) is 13.8. The summed E-state index contributed by atoms with van der Waals surface area (Å²) in [6, 6.07) is 0. The van der Waals surface area contributed by atoms with Crippen LogP contribution in [0.3, 0.4) is 0 Å². The summed E-state index contributed by atoms with van der Waals surface area (Å²) in [5.41, 5.74) is 0. The molecule has 2 heterocycles. The molecular formula is C14H26N2O2. The zero-order valence-electron chi connectivity index (χ0n) is 11.5. The fourth-order valence-electron chi connectivity index (χ4n) is 2.89. The lowest BCUT2D eigenvalue weighted by molar-refractivity contribution is -0.131. The highest BCUT2D eigenvalue weighted by atomic mass is 16.5. The molecule has 2 unspecified atom stereocenters. The Morgan fingerprint density at radius 1 is 1.39 bits per heavy atom. The van der Waals surface area contributed by atoms with Gasteiger partial charge in [-0.1, -0.05) is 0 Å². The van der Waals surface area contributed by atoms with E-state index in [2.05, 4.69) is 12.2 Å². The topological polar surface area (TPSA) is 41.6 Å². The van der Waals surface area contributed by atoms with E-state index < -0.39 is 0 Å². The molecule has 0 bridgehead atoms. The van der Waals surface area contributed by atoms with Crippen molar-refractivity contribution in [1.29, 1.82) is 0 Å². The predicted molar refractivity (Wildman–Crippen MR) is 71.4 cm³/mol. The van der Waals surface area contributed by atoms with Crippen molar-refractivity contribution >= 4 is 5.91 Å². The van der Waals surface area contributed by atoms with Crippen LogP contribution in [0.5, 0.6) is 0 Å². The first-order chi connectivity index (χ1) is 8.79. The molecule has 2 fully saturated rings. The van der Waals surface area contributed by atoms with Crippen LogP contribution in [0.1, 0.15) is 32.6 Å². The fraction of sp³-hybridized carbons (Fsp3) is 0.929. The first-order valence-corrected chi connectivity index (χ1v) is 7.35. The van der Waals surface area contributed by atoms with Crippen molar-refractivity contribution in [2.45, 2.75) is 32.6 Å². The maximum Gasteiger partial charge on any atom is 0.222 e. The molecule has 1 N–H and O–H groups in total. The molecule has 2 saturated heterocycles. The molecule has 1 amide bonds. The summed E-state index contributed by atoms with van der Waals surface area (Å²) >= 11 is 0. The molecule has 4 nitrogen and oxygen atoms in total. The van der Waals surface area contributed by atoms with Crippen LogP contribution in [0.2, 0.25) is 0 Å². The van der Waals surface area contributed by atoms with Gasteiger partial charge in [0, 0.05) is 32.0 Å². The van der Waals surface area contributed by atoms with E-state index in [1.165, 1.54) is 6.42 Å². The van der Waals surface area contributed by atoms with Crippen molar-refractivity contribution in [3.05, 3.63) is 0 Å². The Morgan fingerprint density at radius 2 is 2.28 bits per heavy atom. The Labute approximate surface area is 110 Å². The van der Waals surface area contributed by atoms with Gasteiger partial charge in [-0.05, 0) is 45.2 Å². The molecule has 104 valence electrons. The third kappa shape index (κ3) is 3.95. The van der Waals surface area contributed by atoms with Crippen LogP contribution in [-0.4, -0.2) is 50.2 Å². The van der Waals surface area contributed by atoms with Crippen LogP contribution in [0.4, 0.5) is 0 Å². The molecule has 0 spiro atoms. The SMILES string of the molecule is CCN(CC1CCOC1)C(=O)CCC1CCNC1. The van der Waals surface area contributed by atoms with Gasteiger partial charge in [-0.25, -0.2) is 0 Å². The van der Waals surface area contributed by atoms with Gasteiger partial charge in [0.15, 0.2) is 0 Å². The second-order valence-electron chi connectivity index (χ2n) is 5.56. The van der Waals surface area contributed by atoms with E-state index in [1.807, 2.05) is 4.90 Å². The molecule has 2 rings (SSSR count). The lowest BCUT2D eigenvalue weighted by Crippen LogP contribution is -2.35. The van der Waals surface area contributed by atoms with Crippen LogP contribution in [0.15, 0.2) is 0 Å². The Bertz CT molecular complexity index is 259. The Morgan fingerprint density at radius 3 is 2.89 bits per heavy atom. The molecule has 0 saturated carbocycles. The Kier molecular flexibility index (Phi) is 5.45. The van der Waals surface area contributed by atoms with E-state index in [9.17, 15) is 4.79 Å². The molecule has 2 aliphatic heterocycles. The number of carbonyl (C=O) groups excluding carboxylic acids is 1. The molecule has 0 aromatic heterocycles. The normalized spacial score (nSPS) is 27.6. The molecule has 18 heavy (non-hydrogen) atoms. The molecule has 4 heteroatoms. The average Bonchev–Trinajstić information content (AvgIpc) is 3.06. The van der Waals surface area contributed by atoms with E-state index in [0.717, 1.165) is 52.2 Å². The second-order valence-corrected chi connectivity index (χ2v) is 5.56. The summed E-state index contributed by atoms with van der Waals surface area (Å²) < 4.78 is 5.38. The largest absolute Gasteiger partial charge is 0.381 e. The smallest absolute Gasteiger partial charge is 0.222 e. The van der Waals surface area contributed by atoms with E-state index in [1.54, 1.807) is 0 Å². The second kappa shape index (κ2) is 7.10. The number of ether oxygens (including phenoxy) is 1. The van der Waals surface area contributed by atoms with Crippen LogP contribution in [0.25, 0.3) is 0 Å². The maximum absolute atomic E-state index is 12.2. The number of nitrogens with one attached hydrogen (secondary N) is 1. The summed E-state index contributed by atoms with van der Waals surface area (Å²) in [6.07, 6.45) is 4.10. The number of nitrogens with zero attached hydrogens (tertiary/aromatic N) is 1. The van der Waals surface area contributed by atoms with E-state index in [-0.39, 0.29) is 0 Å². The molecule has 0 radical (unpaired) electrons. The number of rotatable bonds is 6. The zero-order valence-corrected chi connectivity index (χ0v) is 11.5. The van der Waals surface area contributed by atoms with Crippen LogP contribution >= 0.6 is 0 Å². The van der Waals surface area contributed by atoms with Crippen molar-refractivity contribution < 1.29 is 9.53 Å². The van der Waals surface area contributed by atoms with E-state index in [4.69, 9.17) is 4.74 Å². The predicted octanol–water partition coefficient (Wildman–Crippen LogP) is 1.26. The lowest BCUT2D eigenvalue weighted by atomic mass is 10.0. The van der Waals surface area contributed by atoms with Gasteiger partial charge in [-0.3, -0.25) is 4.79 Å². The standard InChI is InChI=1S/C14H26N2O2/c1-2-16(10-13-6-8-18-11-13)14(17)4-3-12-5-7-15-9-12/h12-13,15H,2-11H2,1H3. The highest BCUT2D eigenvalue weighted by Crippen LogP contribution is 2.17. The first-order valence-electron chi connectivity index (χ1n) is 7.35. The Hall–Kier alpha value is -0.610. The highest BCUT2D eigenvalue weighted by Gasteiger charge is 2.22. The quantitative estimate of drug-likeness (QED) is 0.776. The number of amides is 1. The van der Waals surface area contributed by atoms with Crippen LogP contribution < -0.4 is 5.32 Å². The average molecular weight is 254 g/mol. The molecule has 0 aromatic carbocycles. The fourth-order valence-corrected chi connectivity index (χ4v) is 2.89. The molecule has 2 aliphatic rings. The molecule has 0 aliphatic carbocycles. The summed E-state index contributed by atoms with van der Waals surface area (Å²) in [5.74, 6) is 1.60. The van der Waals surface area contributed by atoms with E-state index >= 15 is 0 Å². The maximum atomic E-state index is 12.2. The van der Waals surface area contributed by atoms with Crippen molar-refractivity contribution in [1.82, 2.24) is 10.2 Å². The summed E-state index contributed by atoms with van der Waals surface area (Å²) in [4.78, 5) is 14.2. The van der Waals surface area contributed by atoms with Crippen molar-refractivity contribution in [3.8, 4) is 0 Å².